The second-order valence-corrected chi connectivity index (χ2v) is 18.5. The quantitative estimate of drug-likeness (QED) is 0.169. The van der Waals surface area contributed by atoms with Gasteiger partial charge in [-0.3, -0.25) is 9.55 Å². The van der Waals surface area contributed by atoms with E-state index in [0.29, 0.717) is 11.4 Å². The van der Waals surface area contributed by atoms with Gasteiger partial charge in [-0.15, -0.1) is 29.3 Å². The molecule has 0 aliphatic heterocycles. The second-order valence-electron chi connectivity index (χ2n) is 18.5. The first-order chi connectivity index (χ1) is 27.6. The first-order valence-corrected chi connectivity index (χ1v) is 20.2. The summed E-state index contributed by atoms with van der Waals surface area (Å²) in [6, 6.07) is 52.7. The number of aromatic nitrogens is 3. The van der Waals surface area contributed by atoms with Crippen LogP contribution in [0, 0.1) is 6.07 Å². The SMILES string of the molecule is CC(C)(C)c1cc(-c2cc(-c3ccccc3)ccn2)[c-]c(-c2cccc3c2nc(-c2cccc(C(C)(C)C)c2O)n3-c2ccc(-c3ccccc3)c(C(C)(C)C)c2)c1.[Pt]. The molecule has 0 aliphatic rings. The fourth-order valence-corrected chi connectivity index (χ4v) is 7.92. The van der Waals surface area contributed by atoms with E-state index in [1.54, 1.807) is 0 Å². The van der Waals surface area contributed by atoms with Crippen LogP contribution in [0.1, 0.15) is 79.0 Å². The number of aromatic hydroxyl groups is 1. The van der Waals surface area contributed by atoms with Crippen molar-refractivity contribution in [2.45, 2.75) is 78.6 Å². The van der Waals surface area contributed by atoms with E-state index in [0.717, 1.165) is 55.8 Å². The van der Waals surface area contributed by atoms with Crippen molar-refractivity contribution in [2.75, 3.05) is 0 Å². The molecule has 0 radical (unpaired) electrons. The Balaban J connectivity index is 0.00000528. The fourth-order valence-electron chi connectivity index (χ4n) is 7.92. The molecule has 0 unspecified atom stereocenters. The molecule has 8 rings (SSSR count). The molecule has 0 amide bonds. The van der Waals surface area contributed by atoms with E-state index in [-0.39, 0.29) is 43.1 Å². The van der Waals surface area contributed by atoms with Gasteiger partial charge in [-0.05, 0) is 80.0 Å². The van der Waals surface area contributed by atoms with Gasteiger partial charge in [0.1, 0.15) is 11.6 Å². The molecule has 2 heterocycles. The third-order valence-corrected chi connectivity index (χ3v) is 11.1. The Morgan fingerprint density at radius 3 is 1.81 bits per heavy atom. The topological polar surface area (TPSA) is 50.9 Å². The molecule has 0 saturated heterocycles. The van der Waals surface area contributed by atoms with Gasteiger partial charge in [0.15, 0.2) is 0 Å². The third kappa shape index (κ3) is 8.21. The standard InChI is InChI=1S/C54H52N3O.Pt/c1-52(2,3)40-31-38(30-39(32-40)47-33-37(28-29-55-47)35-18-12-10-13-19-35)43-22-17-25-48-49(43)56-51(44-23-16-24-45(50(44)58)53(4,5)6)57(48)41-26-27-42(36-20-14-11-15-21-36)46(34-41)54(7,8)9;/h10-29,31-34,58H,1-9H3;/q-1;. The first kappa shape index (κ1) is 41.6. The van der Waals surface area contributed by atoms with Crippen molar-refractivity contribution in [3.8, 4) is 67.5 Å². The number of phenols is 1. The van der Waals surface area contributed by atoms with Gasteiger partial charge in [-0.2, -0.15) is 0 Å². The maximum atomic E-state index is 12.1. The van der Waals surface area contributed by atoms with Crippen LogP contribution >= 0.6 is 0 Å². The molecule has 1 N–H and O–H groups in total. The van der Waals surface area contributed by atoms with E-state index in [4.69, 9.17) is 9.97 Å². The van der Waals surface area contributed by atoms with Gasteiger partial charge in [0.05, 0.1) is 16.6 Å². The summed E-state index contributed by atoms with van der Waals surface area (Å²) in [6.07, 6.45) is 1.89. The van der Waals surface area contributed by atoms with Gasteiger partial charge < -0.3 is 5.11 Å². The first-order valence-electron chi connectivity index (χ1n) is 20.2. The molecule has 0 atom stereocenters. The normalized spacial score (nSPS) is 12.1. The van der Waals surface area contributed by atoms with Crippen LogP contribution in [0.15, 0.2) is 146 Å². The van der Waals surface area contributed by atoms with E-state index >= 15 is 0 Å². The Morgan fingerprint density at radius 2 is 1.15 bits per heavy atom. The van der Waals surface area contributed by atoms with E-state index in [9.17, 15) is 5.11 Å². The van der Waals surface area contributed by atoms with Crippen LogP contribution < -0.4 is 0 Å². The van der Waals surface area contributed by atoms with Crippen LogP contribution in [-0.2, 0) is 37.3 Å². The Kier molecular flexibility index (Phi) is 11.2. The molecule has 0 aliphatic carbocycles. The number of hydrogen-bond acceptors (Lipinski definition) is 3. The van der Waals surface area contributed by atoms with Crippen LogP contribution in [0.2, 0.25) is 0 Å². The van der Waals surface area contributed by atoms with Crippen molar-refractivity contribution in [2.24, 2.45) is 0 Å². The average Bonchev–Trinajstić information content (AvgIpc) is 3.60. The van der Waals surface area contributed by atoms with E-state index in [2.05, 4.69) is 188 Å². The number of imidazole rings is 1. The minimum atomic E-state index is -0.274. The van der Waals surface area contributed by atoms with Crippen LogP contribution in [0.4, 0.5) is 0 Å². The second kappa shape index (κ2) is 15.9. The average molecular weight is 954 g/mol. The molecular formula is C54H52N3OPt-. The van der Waals surface area contributed by atoms with Crippen molar-refractivity contribution in [3.05, 3.63) is 168 Å². The van der Waals surface area contributed by atoms with Gasteiger partial charge in [0.25, 0.3) is 0 Å². The van der Waals surface area contributed by atoms with Gasteiger partial charge in [-0.1, -0.05) is 171 Å². The minimum absolute atomic E-state index is 0. The summed E-state index contributed by atoms with van der Waals surface area (Å²) >= 11 is 0. The molecule has 0 bridgehead atoms. The summed E-state index contributed by atoms with van der Waals surface area (Å²) in [5, 5.41) is 12.1. The molecule has 0 fully saturated rings. The molecule has 6 aromatic carbocycles. The number of hydrogen-bond donors (Lipinski definition) is 1. The maximum absolute atomic E-state index is 12.1. The van der Waals surface area contributed by atoms with Crippen molar-refractivity contribution < 1.29 is 26.2 Å². The van der Waals surface area contributed by atoms with Crippen molar-refractivity contribution in [1.29, 1.82) is 0 Å². The van der Waals surface area contributed by atoms with Gasteiger partial charge in [0, 0.05) is 38.6 Å². The van der Waals surface area contributed by atoms with E-state index < -0.39 is 0 Å². The summed E-state index contributed by atoms with van der Waals surface area (Å²) < 4.78 is 2.23. The summed E-state index contributed by atoms with van der Waals surface area (Å²) in [4.78, 5) is 10.4. The maximum Gasteiger partial charge on any atom is 0.148 e. The predicted molar refractivity (Wildman–Crippen MR) is 243 cm³/mol. The zero-order valence-electron chi connectivity index (χ0n) is 35.5. The Hall–Kier alpha value is -5.57. The Bertz CT molecular complexity index is 2780. The van der Waals surface area contributed by atoms with E-state index in [1.807, 2.05) is 30.5 Å². The fraction of sp³-hybridized carbons (Fsp3) is 0.222. The van der Waals surface area contributed by atoms with Crippen LogP contribution in [0.5, 0.6) is 5.75 Å². The molecule has 59 heavy (non-hydrogen) atoms. The number of phenolic OH excluding ortho intramolecular Hbond substituents is 1. The summed E-state index contributed by atoms with van der Waals surface area (Å²) in [7, 11) is 0. The Morgan fingerprint density at radius 1 is 0.525 bits per heavy atom. The number of pyridine rings is 1. The smallest absolute Gasteiger partial charge is 0.148 e. The molecule has 0 spiro atoms. The number of benzene rings is 6. The van der Waals surface area contributed by atoms with Gasteiger partial charge >= 0.3 is 0 Å². The van der Waals surface area contributed by atoms with Gasteiger partial charge in [0.2, 0.25) is 0 Å². The Labute approximate surface area is 364 Å². The summed E-state index contributed by atoms with van der Waals surface area (Å²) in [5.41, 5.74) is 14.5. The largest absolute Gasteiger partial charge is 0.507 e. The predicted octanol–water partition coefficient (Wildman–Crippen LogP) is 14.2. The van der Waals surface area contributed by atoms with Crippen LogP contribution in [0.25, 0.3) is 72.7 Å². The molecule has 2 aromatic heterocycles. The van der Waals surface area contributed by atoms with Crippen molar-refractivity contribution >= 4 is 11.0 Å². The van der Waals surface area contributed by atoms with Crippen molar-refractivity contribution in [3.63, 3.8) is 0 Å². The van der Waals surface area contributed by atoms with Crippen LogP contribution in [-0.4, -0.2) is 19.6 Å². The molecule has 300 valence electrons. The molecule has 0 saturated carbocycles. The monoisotopic (exact) mass is 953 g/mol. The third-order valence-electron chi connectivity index (χ3n) is 11.1. The van der Waals surface area contributed by atoms with E-state index in [1.165, 1.54) is 22.3 Å². The molecule has 8 aromatic rings. The van der Waals surface area contributed by atoms with Crippen molar-refractivity contribution in [1.82, 2.24) is 14.5 Å². The number of nitrogens with zero attached hydrogens (tertiary/aromatic N) is 3. The molecular weight excluding hydrogens is 902 g/mol. The van der Waals surface area contributed by atoms with Crippen LogP contribution in [0.3, 0.4) is 0 Å². The summed E-state index contributed by atoms with van der Waals surface area (Å²) in [5.74, 6) is 0.931. The number of para-hydroxylation sites is 2. The molecule has 4 nitrogen and oxygen atoms in total. The minimum Gasteiger partial charge on any atom is -0.507 e. The zero-order chi connectivity index (χ0) is 41.0. The number of fused-ring (bicyclic) bond motifs is 1. The molecule has 5 heteroatoms. The van der Waals surface area contributed by atoms with Gasteiger partial charge in [-0.25, -0.2) is 4.98 Å². The zero-order valence-corrected chi connectivity index (χ0v) is 37.7. The summed E-state index contributed by atoms with van der Waals surface area (Å²) in [6.45, 7) is 19.9. The number of rotatable bonds is 6.